The van der Waals surface area contributed by atoms with Gasteiger partial charge < -0.3 is 10.5 Å². The molecule has 1 aromatic heterocycles. The van der Waals surface area contributed by atoms with Gasteiger partial charge in [-0.25, -0.2) is 0 Å². The molecule has 4 nitrogen and oxygen atoms in total. The number of rotatable bonds is 1. The Hall–Kier alpha value is -2.28. The van der Waals surface area contributed by atoms with Gasteiger partial charge in [0.25, 0.3) is 0 Å². The lowest BCUT2D eigenvalue weighted by Gasteiger charge is -2.08. The molecule has 1 heterocycles. The van der Waals surface area contributed by atoms with Crippen LogP contribution in [0, 0.1) is 11.3 Å². The third kappa shape index (κ3) is 1.34. The molecule has 0 spiro atoms. The zero-order valence-electron chi connectivity index (χ0n) is 8.19. The number of anilines is 1. The Labute approximate surface area is 86.9 Å². The summed E-state index contributed by atoms with van der Waals surface area (Å²) in [6.07, 6.45) is 1.64. The van der Waals surface area contributed by atoms with Crippen LogP contribution in [0.4, 0.5) is 5.69 Å². The summed E-state index contributed by atoms with van der Waals surface area (Å²) in [7, 11) is 1.55. The standard InChI is InChI=1S/C11H9N3O/c1-15-9-5-7(6-12)10(13)11-8(9)3-2-4-14-11/h2-5H,13H2,1H3. The van der Waals surface area contributed by atoms with Gasteiger partial charge >= 0.3 is 0 Å². The second-order valence-corrected chi connectivity index (χ2v) is 3.05. The van der Waals surface area contributed by atoms with Crippen molar-refractivity contribution in [3.05, 3.63) is 30.0 Å². The number of hydrogen-bond donors (Lipinski definition) is 1. The third-order valence-corrected chi connectivity index (χ3v) is 2.23. The molecule has 0 aliphatic carbocycles. The summed E-state index contributed by atoms with van der Waals surface area (Å²) in [5.41, 5.74) is 7.20. The van der Waals surface area contributed by atoms with E-state index in [0.29, 0.717) is 22.5 Å². The number of aromatic nitrogens is 1. The van der Waals surface area contributed by atoms with Crippen molar-refractivity contribution in [1.82, 2.24) is 4.98 Å². The molecule has 74 valence electrons. The van der Waals surface area contributed by atoms with E-state index in [1.807, 2.05) is 12.1 Å². The second-order valence-electron chi connectivity index (χ2n) is 3.05. The van der Waals surface area contributed by atoms with Gasteiger partial charge in [0.1, 0.15) is 11.8 Å². The predicted molar refractivity (Wildman–Crippen MR) is 57.4 cm³/mol. The van der Waals surface area contributed by atoms with Gasteiger partial charge in [-0.05, 0) is 12.1 Å². The molecule has 4 heteroatoms. The monoisotopic (exact) mass is 199 g/mol. The van der Waals surface area contributed by atoms with E-state index in [1.54, 1.807) is 25.4 Å². The van der Waals surface area contributed by atoms with Crippen LogP contribution in [0.15, 0.2) is 24.4 Å². The molecule has 0 bridgehead atoms. The van der Waals surface area contributed by atoms with E-state index >= 15 is 0 Å². The van der Waals surface area contributed by atoms with E-state index in [1.165, 1.54) is 0 Å². The van der Waals surface area contributed by atoms with Crippen LogP contribution in [0.25, 0.3) is 10.9 Å². The summed E-state index contributed by atoms with van der Waals surface area (Å²) in [5.74, 6) is 0.615. The van der Waals surface area contributed by atoms with Crippen molar-refractivity contribution >= 4 is 16.6 Å². The molecule has 0 radical (unpaired) electrons. The number of hydrogen-bond acceptors (Lipinski definition) is 4. The van der Waals surface area contributed by atoms with Crippen molar-refractivity contribution in [1.29, 1.82) is 5.26 Å². The highest BCUT2D eigenvalue weighted by Crippen LogP contribution is 2.31. The summed E-state index contributed by atoms with van der Waals surface area (Å²) in [4.78, 5) is 4.14. The van der Waals surface area contributed by atoms with Crippen LogP contribution in [0.3, 0.4) is 0 Å². The Morgan fingerprint density at radius 3 is 3.00 bits per heavy atom. The normalized spacial score (nSPS) is 9.87. The number of ether oxygens (including phenoxy) is 1. The van der Waals surface area contributed by atoms with Gasteiger partial charge in [0.15, 0.2) is 0 Å². The molecule has 0 unspecified atom stereocenters. The van der Waals surface area contributed by atoms with E-state index in [9.17, 15) is 0 Å². The Bertz CT molecular complexity index is 557. The summed E-state index contributed by atoms with van der Waals surface area (Å²) in [5, 5.41) is 9.70. The minimum absolute atomic E-state index is 0.387. The maximum absolute atomic E-state index is 8.88. The fourth-order valence-corrected chi connectivity index (χ4v) is 1.49. The molecular weight excluding hydrogens is 190 g/mol. The Morgan fingerprint density at radius 2 is 2.33 bits per heavy atom. The van der Waals surface area contributed by atoms with Crippen molar-refractivity contribution in [2.45, 2.75) is 0 Å². The Morgan fingerprint density at radius 1 is 1.53 bits per heavy atom. The SMILES string of the molecule is COc1cc(C#N)c(N)c2ncccc12. The van der Waals surface area contributed by atoms with Gasteiger partial charge in [0.2, 0.25) is 0 Å². The van der Waals surface area contributed by atoms with Crippen LogP contribution in [0.2, 0.25) is 0 Å². The molecule has 15 heavy (non-hydrogen) atoms. The first-order valence-electron chi connectivity index (χ1n) is 4.39. The van der Waals surface area contributed by atoms with Crippen LogP contribution in [0.5, 0.6) is 5.75 Å². The minimum Gasteiger partial charge on any atom is -0.496 e. The van der Waals surface area contributed by atoms with E-state index in [-0.39, 0.29) is 0 Å². The fraction of sp³-hybridized carbons (Fsp3) is 0.0909. The van der Waals surface area contributed by atoms with E-state index < -0.39 is 0 Å². The van der Waals surface area contributed by atoms with Crippen molar-refractivity contribution in [3.8, 4) is 11.8 Å². The van der Waals surface area contributed by atoms with Crippen molar-refractivity contribution < 1.29 is 4.74 Å². The van der Waals surface area contributed by atoms with Crippen molar-refractivity contribution in [2.24, 2.45) is 0 Å². The zero-order chi connectivity index (χ0) is 10.8. The molecule has 0 atom stereocenters. The van der Waals surface area contributed by atoms with Crippen LogP contribution >= 0.6 is 0 Å². The summed E-state index contributed by atoms with van der Waals surface area (Å²) < 4.78 is 5.18. The maximum atomic E-state index is 8.88. The number of fused-ring (bicyclic) bond motifs is 1. The molecule has 0 amide bonds. The summed E-state index contributed by atoms with van der Waals surface area (Å²) in [6, 6.07) is 7.30. The molecule has 2 rings (SSSR count). The zero-order valence-corrected chi connectivity index (χ0v) is 8.19. The first kappa shape index (κ1) is 9.28. The Kier molecular flexibility index (Phi) is 2.14. The lowest BCUT2D eigenvalue weighted by molar-refractivity contribution is 0.419. The van der Waals surface area contributed by atoms with E-state index in [0.717, 1.165) is 5.39 Å². The van der Waals surface area contributed by atoms with Crippen LogP contribution in [0.1, 0.15) is 5.56 Å². The van der Waals surface area contributed by atoms with E-state index in [4.69, 9.17) is 15.7 Å². The smallest absolute Gasteiger partial charge is 0.129 e. The van der Waals surface area contributed by atoms with Gasteiger partial charge in [-0.1, -0.05) is 0 Å². The predicted octanol–water partition coefficient (Wildman–Crippen LogP) is 1.70. The number of benzene rings is 1. The molecule has 0 saturated heterocycles. The van der Waals surface area contributed by atoms with Crippen molar-refractivity contribution in [3.63, 3.8) is 0 Å². The van der Waals surface area contributed by atoms with Crippen LogP contribution in [-0.4, -0.2) is 12.1 Å². The molecule has 2 N–H and O–H groups in total. The molecule has 0 fully saturated rings. The average molecular weight is 199 g/mol. The highest BCUT2D eigenvalue weighted by atomic mass is 16.5. The molecule has 1 aromatic carbocycles. The average Bonchev–Trinajstić information content (AvgIpc) is 2.30. The number of nitrogens with two attached hydrogens (primary N) is 1. The quantitative estimate of drug-likeness (QED) is 0.709. The lowest BCUT2D eigenvalue weighted by atomic mass is 10.1. The first-order valence-corrected chi connectivity index (χ1v) is 4.39. The third-order valence-electron chi connectivity index (χ3n) is 2.23. The van der Waals surface area contributed by atoms with Gasteiger partial charge in [-0.15, -0.1) is 0 Å². The highest BCUT2D eigenvalue weighted by molar-refractivity contribution is 5.96. The Balaban J connectivity index is 2.92. The molecular formula is C11H9N3O. The second kappa shape index (κ2) is 3.46. The number of nitriles is 1. The molecule has 0 aliphatic rings. The topological polar surface area (TPSA) is 71.9 Å². The van der Waals surface area contributed by atoms with Gasteiger partial charge in [-0.3, -0.25) is 4.98 Å². The molecule has 2 aromatic rings. The van der Waals surface area contributed by atoms with Crippen LogP contribution in [-0.2, 0) is 0 Å². The van der Waals surface area contributed by atoms with Gasteiger partial charge in [-0.2, -0.15) is 5.26 Å². The van der Waals surface area contributed by atoms with Gasteiger partial charge in [0, 0.05) is 17.6 Å². The summed E-state index contributed by atoms with van der Waals surface area (Å²) >= 11 is 0. The number of nitrogens with zero attached hydrogens (tertiary/aromatic N) is 2. The number of methoxy groups -OCH3 is 1. The van der Waals surface area contributed by atoms with E-state index in [2.05, 4.69) is 4.98 Å². The fourth-order valence-electron chi connectivity index (χ4n) is 1.49. The number of pyridine rings is 1. The lowest BCUT2D eigenvalue weighted by Crippen LogP contribution is -1.96. The van der Waals surface area contributed by atoms with Crippen LogP contribution < -0.4 is 10.5 Å². The molecule has 0 aliphatic heterocycles. The minimum atomic E-state index is 0.387. The summed E-state index contributed by atoms with van der Waals surface area (Å²) in [6.45, 7) is 0. The first-order chi connectivity index (χ1) is 7.27. The largest absolute Gasteiger partial charge is 0.496 e. The number of nitrogen functional groups attached to an aromatic ring is 1. The van der Waals surface area contributed by atoms with Gasteiger partial charge in [0.05, 0.1) is 23.9 Å². The maximum Gasteiger partial charge on any atom is 0.129 e. The van der Waals surface area contributed by atoms with Crippen molar-refractivity contribution in [2.75, 3.05) is 12.8 Å². The highest BCUT2D eigenvalue weighted by Gasteiger charge is 2.10. The molecule has 0 saturated carbocycles.